The van der Waals surface area contributed by atoms with E-state index >= 15 is 0 Å². The molecule has 0 radical (unpaired) electrons. The number of benzene rings is 4. The molecule has 0 amide bonds. The van der Waals surface area contributed by atoms with Crippen LogP contribution in [0.2, 0.25) is 0 Å². The summed E-state index contributed by atoms with van der Waals surface area (Å²) >= 11 is 10.9. The van der Waals surface area contributed by atoms with Gasteiger partial charge in [0.25, 0.3) is 0 Å². The quantitative estimate of drug-likeness (QED) is 0.192. The lowest BCUT2D eigenvalue weighted by Gasteiger charge is -2.19. The summed E-state index contributed by atoms with van der Waals surface area (Å²) in [5, 5.41) is 3.73. The molecule has 0 saturated heterocycles. The molecule has 0 aliphatic heterocycles. The summed E-state index contributed by atoms with van der Waals surface area (Å²) in [5.74, 6) is 0. The van der Waals surface area contributed by atoms with Gasteiger partial charge < -0.3 is 0 Å². The van der Waals surface area contributed by atoms with E-state index in [0.29, 0.717) is 0 Å². The molecule has 170 valence electrons. The summed E-state index contributed by atoms with van der Waals surface area (Å²) in [6, 6.07) is 26.2. The fourth-order valence-electron chi connectivity index (χ4n) is 4.17. The average Bonchev–Trinajstić information content (AvgIpc) is 2.82. The molecule has 0 aromatic heterocycles. The van der Waals surface area contributed by atoms with Crippen LogP contribution in [0.4, 0.5) is 0 Å². The van der Waals surface area contributed by atoms with E-state index in [-0.39, 0.29) is 0 Å². The van der Waals surface area contributed by atoms with E-state index in [1.165, 1.54) is 54.3 Å². The van der Waals surface area contributed by atoms with Gasteiger partial charge in [-0.05, 0) is 112 Å². The second-order valence-corrected chi connectivity index (χ2v) is 11.7. The molecule has 34 heavy (non-hydrogen) atoms. The Balaban J connectivity index is 2.00. The minimum atomic E-state index is 1.08. The lowest BCUT2D eigenvalue weighted by molar-refractivity contribution is 1.37. The molecule has 0 aliphatic rings. The van der Waals surface area contributed by atoms with Crippen molar-refractivity contribution in [1.82, 2.24) is 0 Å². The summed E-state index contributed by atoms with van der Waals surface area (Å²) in [6.45, 7) is 12.1. The van der Waals surface area contributed by atoms with Crippen LogP contribution >= 0.6 is 55.4 Å². The van der Waals surface area contributed by atoms with E-state index in [4.69, 9.17) is 0 Å². The summed E-state index contributed by atoms with van der Waals surface area (Å²) in [7, 11) is 0. The van der Waals surface area contributed by atoms with Crippen molar-refractivity contribution in [2.75, 3.05) is 0 Å². The van der Waals surface area contributed by atoms with Gasteiger partial charge in [0, 0.05) is 18.7 Å². The van der Waals surface area contributed by atoms with Gasteiger partial charge in [-0.25, -0.2) is 0 Å². The maximum absolute atomic E-state index is 3.88. The molecule has 4 aromatic rings. The van der Waals surface area contributed by atoms with Gasteiger partial charge in [0.15, 0.2) is 0 Å². The van der Waals surface area contributed by atoms with Crippen LogP contribution in [0.5, 0.6) is 0 Å². The minimum absolute atomic E-state index is 1.08. The molecule has 0 unspecified atom stereocenters. The number of hydrogen-bond acceptors (Lipinski definition) is 2. The number of halogens is 2. The molecule has 0 N–H and O–H groups in total. The standard InChI is InChI=1S/C30H24Br2S2/c1-5-33-22-11-14-28(31)25(17-22)21-10-13-24(26-18-23(34-6-2)12-15-29(26)32)27(16-21)30-19(3)8-7-9-20(30)4/h5-18H,1-2H2,3-4H3. The van der Waals surface area contributed by atoms with E-state index in [1.54, 1.807) is 23.5 Å². The SMILES string of the molecule is C=CSc1ccc(Br)c(-c2ccc(-c3cc(SC=C)ccc3Br)c(-c3c(C)cccc3C)c2)c1. The molecule has 0 spiro atoms. The molecule has 0 atom stereocenters. The van der Waals surface area contributed by atoms with Crippen molar-refractivity contribution in [2.24, 2.45) is 0 Å². The Kier molecular flexibility index (Phi) is 8.26. The Morgan fingerprint density at radius 1 is 0.618 bits per heavy atom. The monoisotopic (exact) mass is 606 g/mol. The van der Waals surface area contributed by atoms with Crippen molar-refractivity contribution >= 4 is 55.4 Å². The first-order valence-electron chi connectivity index (χ1n) is 10.8. The number of rotatable bonds is 7. The van der Waals surface area contributed by atoms with Crippen molar-refractivity contribution in [3.05, 3.63) is 117 Å². The Morgan fingerprint density at radius 3 is 1.76 bits per heavy atom. The van der Waals surface area contributed by atoms with E-state index in [0.717, 1.165) is 8.95 Å². The van der Waals surface area contributed by atoms with Gasteiger partial charge in [0.1, 0.15) is 0 Å². The third-order valence-corrected chi connectivity index (χ3v) is 8.45. The van der Waals surface area contributed by atoms with Crippen LogP contribution in [0.1, 0.15) is 11.1 Å². The second-order valence-electron chi connectivity index (χ2n) is 7.88. The van der Waals surface area contributed by atoms with E-state index < -0.39 is 0 Å². The lowest BCUT2D eigenvalue weighted by Crippen LogP contribution is -1.94. The third-order valence-electron chi connectivity index (χ3n) is 5.69. The van der Waals surface area contributed by atoms with Crippen LogP contribution in [-0.4, -0.2) is 0 Å². The van der Waals surface area contributed by atoms with Crippen molar-refractivity contribution in [1.29, 1.82) is 0 Å². The van der Waals surface area contributed by atoms with E-state index in [9.17, 15) is 0 Å². The summed E-state index contributed by atoms with van der Waals surface area (Å²) in [6.07, 6.45) is 0. The van der Waals surface area contributed by atoms with Gasteiger partial charge in [-0.15, -0.1) is 0 Å². The molecule has 0 aliphatic carbocycles. The van der Waals surface area contributed by atoms with Crippen molar-refractivity contribution in [3.8, 4) is 33.4 Å². The van der Waals surface area contributed by atoms with Crippen molar-refractivity contribution in [2.45, 2.75) is 23.6 Å². The predicted molar refractivity (Wildman–Crippen MR) is 160 cm³/mol. The molecular weight excluding hydrogens is 584 g/mol. The first-order chi connectivity index (χ1) is 16.4. The van der Waals surface area contributed by atoms with Crippen LogP contribution in [-0.2, 0) is 0 Å². The van der Waals surface area contributed by atoms with Crippen LogP contribution in [0.25, 0.3) is 33.4 Å². The molecule has 0 fully saturated rings. The fraction of sp³-hybridized carbons (Fsp3) is 0.0667. The number of aryl methyl sites for hydroxylation is 2. The van der Waals surface area contributed by atoms with Crippen molar-refractivity contribution in [3.63, 3.8) is 0 Å². The van der Waals surface area contributed by atoms with Crippen LogP contribution in [0.15, 0.2) is 116 Å². The first-order valence-corrected chi connectivity index (χ1v) is 14.1. The maximum atomic E-state index is 3.88. The fourth-order valence-corrected chi connectivity index (χ4v) is 6.15. The normalized spacial score (nSPS) is 10.8. The lowest BCUT2D eigenvalue weighted by atomic mass is 9.87. The molecule has 4 rings (SSSR count). The summed E-state index contributed by atoms with van der Waals surface area (Å²) in [5.41, 5.74) is 9.75. The van der Waals surface area contributed by atoms with Gasteiger partial charge in [-0.1, -0.05) is 98.9 Å². The van der Waals surface area contributed by atoms with Gasteiger partial charge >= 0.3 is 0 Å². The highest BCUT2D eigenvalue weighted by molar-refractivity contribution is 9.11. The van der Waals surface area contributed by atoms with Crippen LogP contribution < -0.4 is 0 Å². The van der Waals surface area contributed by atoms with Gasteiger partial charge in [-0.3, -0.25) is 0 Å². The van der Waals surface area contributed by atoms with E-state index in [1.807, 2.05) is 10.8 Å². The Hall–Kier alpha value is -1.98. The van der Waals surface area contributed by atoms with Gasteiger partial charge in [0.2, 0.25) is 0 Å². The Bertz CT molecular complexity index is 1370. The van der Waals surface area contributed by atoms with Gasteiger partial charge in [-0.2, -0.15) is 0 Å². The highest BCUT2D eigenvalue weighted by Gasteiger charge is 2.17. The molecule has 0 heterocycles. The molecule has 4 heteroatoms. The molecular formula is C30H24Br2S2. The molecule has 0 nitrogen and oxygen atoms in total. The third kappa shape index (κ3) is 5.31. The Morgan fingerprint density at radius 2 is 1.18 bits per heavy atom. The second kappa shape index (κ2) is 11.2. The topological polar surface area (TPSA) is 0 Å². The predicted octanol–water partition coefficient (Wildman–Crippen LogP) is 11.3. The van der Waals surface area contributed by atoms with Crippen LogP contribution in [0.3, 0.4) is 0 Å². The molecule has 0 bridgehead atoms. The zero-order chi connectivity index (χ0) is 24.2. The van der Waals surface area contributed by atoms with E-state index in [2.05, 4.69) is 132 Å². The van der Waals surface area contributed by atoms with Gasteiger partial charge in [0.05, 0.1) is 0 Å². The zero-order valence-corrected chi connectivity index (χ0v) is 23.9. The summed E-state index contributed by atoms with van der Waals surface area (Å²) < 4.78 is 2.15. The summed E-state index contributed by atoms with van der Waals surface area (Å²) in [4.78, 5) is 2.34. The highest BCUT2D eigenvalue weighted by atomic mass is 79.9. The smallest absolute Gasteiger partial charge is 0.0254 e. The molecule has 0 saturated carbocycles. The first kappa shape index (κ1) is 25.1. The minimum Gasteiger partial charge on any atom is -0.0987 e. The Labute approximate surface area is 227 Å². The maximum Gasteiger partial charge on any atom is 0.0254 e. The largest absolute Gasteiger partial charge is 0.0987 e. The number of thioether (sulfide) groups is 2. The zero-order valence-electron chi connectivity index (χ0n) is 19.1. The molecule has 4 aromatic carbocycles. The number of hydrogen-bond donors (Lipinski definition) is 0. The average molecular weight is 608 g/mol. The highest BCUT2D eigenvalue weighted by Crippen LogP contribution is 2.43. The van der Waals surface area contributed by atoms with Crippen molar-refractivity contribution < 1.29 is 0 Å². The van der Waals surface area contributed by atoms with Crippen LogP contribution in [0, 0.1) is 13.8 Å².